The Morgan fingerprint density at radius 1 is 1.04 bits per heavy atom. The van der Waals surface area contributed by atoms with E-state index in [1.807, 2.05) is 63.2 Å². The summed E-state index contributed by atoms with van der Waals surface area (Å²) in [5.41, 5.74) is 4.08. The number of rotatable bonds is 6. The smallest absolute Gasteiger partial charge is 0.246 e. The molecule has 4 heteroatoms. The second-order valence-electron chi connectivity index (χ2n) is 5.61. The van der Waals surface area contributed by atoms with Crippen molar-refractivity contribution in [1.29, 1.82) is 0 Å². The maximum atomic E-state index is 12.3. The number of anilines is 2. The summed E-state index contributed by atoms with van der Waals surface area (Å²) in [6, 6.07) is 13.2. The van der Waals surface area contributed by atoms with Gasteiger partial charge in [-0.25, -0.2) is 0 Å². The number of nitrogens with one attached hydrogen (secondary N) is 2. The third kappa shape index (κ3) is 4.74. The van der Waals surface area contributed by atoms with Crippen molar-refractivity contribution in [3.8, 4) is 5.75 Å². The van der Waals surface area contributed by atoms with Crippen LogP contribution in [-0.2, 0) is 4.79 Å². The first-order valence-corrected chi connectivity index (χ1v) is 7.87. The van der Waals surface area contributed by atoms with Crippen LogP contribution in [0.15, 0.2) is 42.5 Å². The molecule has 1 amide bonds. The van der Waals surface area contributed by atoms with Gasteiger partial charge in [-0.3, -0.25) is 4.79 Å². The SMILES string of the molecule is CCOc1ccc(NC(C)C(=O)Nc2ccc(C)c(C)c2)cc1. The van der Waals surface area contributed by atoms with Gasteiger partial charge in [0.2, 0.25) is 5.91 Å². The number of hydrogen-bond donors (Lipinski definition) is 2. The van der Waals surface area contributed by atoms with Crippen LogP contribution in [-0.4, -0.2) is 18.6 Å². The molecule has 2 rings (SSSR count). The van der Waals surface area contributed by atoms with E-state index < -0.39 is 0 Å². The molecule has 0 saturated carbocycles. The minimum atomic E-state index is -0.338. The van der Waals surface area contributed by atoms with Crippen molar-refractivity contribution in [2.45, 2.75) is 33.7 Å². The van der Waals surface area contributed by atoms with E-state index in [0.717, 1.165) is 22.7 Å². The Bertz CT molecular complexity index is 666. The third-order valence-corrected chi connectivity index (χ3v) is 3.72. The normalized spacial score (nSPS) is 11.7. The van der Waals surface area contributed by atoms with Crippen molar-refractivity contribution in [1.82, 2.24) is 0 Å². The van der Waals surface area contributed by atoms with Crippen molar-refractivity contribution >= 4 is 17.3 Å². The van der Waals surface area contributed by atoms with Crippen LogP contribution in [0.1, 0.15) is 25.0 Å². The summed E-state index contributed by atoms with van der Waals surface area (Å²) >= 11 is 0. The van der Waals surface area contributed by atoms with Crippen LogP contribution in [0.25, 0.3) is 0 Å². The van der Waals surface area contributed by atoms with E-state index in [1.54, 1.807) is 0 Å². The maximum absolute atomic E-state index is 12.3. The highest BCUT2D eigenvalue weighted by atomic mass is 16.5. The predicted octanol–water partition coefficient (Wildman–Crippen LogP) is 4.14. The molecule has 4 nitrogen and oxygen atoms in total. The first-order valence-electron chi connectivity index (χ1n) is 7.87. The van der Waals surface area contributed by atoms with Crippen LogP contribution in [0.3, 0.4) is 0 Å². The zero-order valence-corrected chi connectivity index (χ0v) is 14.1. The Morgan fingerprint density at radius 2 is 1.70 bits per heavy atom. The molecule has 0 aliphatic rings. The Kier molecular flexibility index (Phi) is 5.63. The quantitative estimate of drug-likeness (QED) is 0.843. The molecule has 0 radical (unpaired) electrons. The Labute approximate surface area is 137 Å². The standard InChI is InChI=1S/C19H24N2O2/c1-5-23-18-10-8-16(9-11-18)20-15(4)19(22)21-17-7-6-13(2)14(3)12-17/h6-12,15,20H,5H2,1-4H3,(H,21,22). The van der Waals surface area contributed by atoms with E-state index in [9.17, 15) is 4.79 Å². The van der Waals surface area contributed by atoms with Gasteiger partial charge >= 0.3 is 0 Å². The Hall–Kier alpha value is -2.49. The summed E-state index contributed by atoms with van der Waals surface area (Å²) in [6.07, 6.45) is 0. The molecule has 0 aliphatic carbocycles. The van der Waals surface area contributed by atoms with Gasteiger partial charge in [-0.2, -0.15) is 0 Å². The van der Waals surface area contributed by atoms with Gasteiger partial charge in [0.1, 0.15) is 11.8 Å². The highest BCUT2D eigenvalue weighted by Crippen LogP contribution is 2.17. The van der Waals surface area contributed by atoms with Crippen molar-refractivity contribution in [2.24, 2.45) is 0 Å². The van der Waals surface area contributed by atoms with Gasteiger partial charge in [0, 0.05) is 11.4 Å². The fourth-order valence-corrected chi connectivity index (χ4v) is 2.20. The van der Waals surface area contributed by atoms with E-state index in [0.29, 0.717) is 6.61 Å². The number of aryl methyl sites for hydroxylation is 2. The molecule has 0 fully saturated rings. The van der Waals surface area contributed by atoms with Crippen LogP contribution in [0, 0.1) is 13.8 Å². The lowest BCUT2D eigenvalue weighted by atomic mass is 10.1. The molecule has 2 aromatic carbocycles. The molecule has 2 aromatic rings. The third-order valence-electron chi connectivity index (χ3n) is 3.72. The van der Waals surface area contributed by atoms with Crippen LogP contribution in [0.2, 0.25) is 0 Å². The summed E-state index contributed by atoms with van der Waals surface area (Å²) in [5, 5.41) is 6.13. The van der Waals surface area contributed by atoms with E-state index in [1.165, 1.54) is 5.56 Å². The lowest BCUT2D eigenvalue weighted by Gasteiger charge is -2.16. The predicted molar refractivity (Wildman–Crippen MR) is 95.2 cm³/mol. The number of carbonyl (C=O) groups is 1. The van der Waals surface area contributed by atoms with Gasteiger partial charge < -0.3 is 15.4 Å². The summed E-state index contributed by atoms with van der Waals surface area (Å²) in [5.74, 6) is 0.757. The fourth-order valence-electron chi connectivity index (χ4n) is 2.20. The highest BCUT2D eigenvalue weighted by Gasteiger charge is 2.13. The zero-order valence-electron chi connectivity index (χ0n) is 14.1. The number of carbonyl (C=O) groups excluding carboxylic acids is 1. The van der Waals surface area contributed by atoms with Crippen LogP contribution < -0.4 is 15.4 Å². The lowest BCUT2D eigenvalue weighted by Crippen LogP contribution is -2.31. The van der Waals surface area contributed by atoms with Gasteiger partial charge in [-0.05, 0) is 75.2 Å². The van der Waals surface area contributed by atoms with Gasteiger partial charge in [-0.15, -0.1) is 0 Å². The van der Waals surface area contributed by atoms with Crippen molar-refractivity contribution in [3.05, 3.63) is 53.6 Å². The average molecular weight is 312 g/mol. The molecule has 2 N–H and O–H groups in total. The Balaban J connectivity index is 1.95. The van der Waals surface area contributed by atoms with Gasteiger partial charge in [0.15, 0.2) is 0 Å². The fraction of sp³-hybridized carbons (Fsp3) is 0.316. The molecule has 0 aromatic heterocycles. The summed E-state index contributed by atoms with van der Waals surface area (Å²) < 4.78 is 5.41. The van der Waals surface area contributed by atoms with Gasteiger partial charge in [0.05, 0.1) is 6.61 Å². The van der Waals surface area contributed by atoms with Crippen LogP contribution >= 0.6 is 0 Å². The van der Waals surface area contributed by atoms with Crippen molar-refractivity contribution in [2.75, 3.05) is 17.2 Å². The summed E-state index contributed by atoms with van der Waals surface area (Å²) in [4.78, 5) is 12.3. The zero-order chi connectivity index (χ0) is 16.8. The Morgan fingerprint density at radius 3 is 2.30 bits per heavy atom. The van der Waals surface area contributed by atoms with Crippen molar-refractivity contribution < 1.29 is 9.53 Å². The van der Waals surface area contributed by atoms with Crippen LogP contribution in [0.5, 0.6) is 5.75 Å². The molecule has 0 aliphatic heterocycles. The van der Waals surface area contributed by atoms with Gasteiger partial charge in [-0.1, -0.05) is 6.07 Å². The van der Waals surface area contributed by atoms with E-state index >= 15 is 0 Å². The first-order chi connectivity index (χ1) is 11.0. The molecule has 0 saturated heterocycles. The monoisotopic (exact) mass is 312 g/mol. The molecule has 0 spiro atoms. The molecular weight excluding hydrogens is 288 g/mol. The first kappa shape index (κ1) is 16.9. The number of ether oxygens (including phenoxy) is 1. The molecular formula is C19H24N2O2. The second-order valence-corrected chi connectivity index (χ2v) is 5.61. The highest BCUT2D eigenvalue weighted by molar-refractivity contribution is 5.96. The minimum Gasteiger partial charge on any atom is -0.494 e. The molecule has 122 valence electrons. The molecule has 1 atom stereocenters. The molecule has 23 heavy (non-hydrogen) atoms. The van der Waals surface area contributed by atoms with E-state index in [-0.39, 0.29) is 11.9 Å². The minimum absolute atomic E-state index is 0.0675. The molecule has 0 bridgehead atoms. The molecule has 0 heterocycles. The van der Waals surface area contributed by atoms with E-state index in [4.69, 9.17) is 4.74 Å². The number of hydrogen-bond acceptors (Lipinski definition) is 3. The largest absolute Gasteiger partial charge is 0.494 e. The average Bonchev–Trinajstić information content (AvgIpc) is 2.53. The number of amides is 1. The molecule has 1 unspecified atom stereocenters. The van der Waals surface area contributed by atoms with Crippen LogP contribution in [0.4, 0.5) is 11.4 Å². The van der Waals surface area contributed by atoms with Crippen molar-refractivity contribution in [3.63, 3.8) is 0 Å². The summed E-state index contributed by atoms with van der Waals surface area (Å²) in [6.45, 7) is 8.52. The second kappa shape index (κ2) is 7.68. The van der Waals surface area contributed by atoms with E-state index in [2.05, 4.69) is 17.6 Å². The lowest BCUT2D eigenvalue weighted by molar-refractivity contribution is -0.116. The van der Waals surface area contributed by atoms with Gasteiger partial charge in [0.25, 0.3) is 0 Å². The number of benzene rings is 2. The summed E-state index contributed by atoms with van der Waals surface area (Å²) in [7, 11) is 0. The maximum Gasteiger partial charge on any atom is 0.246 e. The topological polar surface area (TPSA) is 50.4 Å².